The van der Waals surface area contributed by atoms with Gasteiger partial charge in [0.1, 0.15) is 0 Å². The molecule has 2 bridgehead atoms. The topological polar surface area (TPSA) is 73.5 Å². The zero-order valence-corrected chi connectivity index (χ0v) is 17.8. The summed E-state index contributed by atoms with van der Waals surface area (Å²) in [5, 5.41) is 0. The Balaban J connectivity index is 1.60. The number of aryl methyl sites for hydroxylation is 1. The van der Waals surface area contributed by atoms with Crippen molar-refractivity contribution >= 4 is 11.8 Å². The summed E-state index contributed by atoms with van der Waals surface area (Å²) in [5.74, 6) is 1.55. The molecule has 0 radical (unpaired) electrons. The summed E-state index contributed by atoms with van der Waals surface area (Å²) < 4.78 is 0. The molecule has 3 aliphatic heterocycles. The Bertz CT molecular complexity index is 846. The number of hydrogen-bond acceptors (Lipinski definition) is 3. The van der Waals surface area contributed by atoms with E-state index < -0.39 is 0 Å². The maximum atomic E-state index is 13.2. The minimum atomic E-state index is -0.232. The molecular weight excluding hydrogens is 366 g/mol. The molecule has 3 fully saturated rings. The van der Waals surface area contributed by atoms with Crippen LogP contribution in [0.3, 0.4) is 0 Å². The first kappa shape index (κ1) is 20.2. The number of aromatic nitrogens is 1. The summed E-state index contributed by atoms with van der Waals surface area (Å²) in [6, 6.07) is 3.68. The maximum absolute atomic E-state index is 13.2. The molecule has 4 heterocycles. The molecular formula is C23H33N3O3. The molecule has 3 aliphatic rings. The van der Waals surface area contributed by atoms with Gasteiger partial charge in [-0.05, 0) is 62.8 Å². The highest BCUT2D eigenvalue weighted by molar-refractivity contribution is 5.94. The second kappa shape index (κ2) is 7.96. The van der Waals surface area contributed by atoms with Crippen molar-refractivity contribution in [2.45, 2.75) is 71.4 Å². The van der Waals surface area contributed by atoms with Crippen LogP contribution in [0, 0.1) is 24.7 Å². The van der Waals surface area contributed by atoms with Gasteiger partial charge in [0.05, 0.1) is 0 Å². The minimum absolute atomic E-state index is 0.0490. The molecule has 6 nitrogen and oxygen atoms in total. The number of aromatic amines is 1. The Labute approximate surface area is 172 Å². The van der Waals surface area contributed by atoms with Gasteiger partial charge in [0.15, 0.2) is 0 Å². The summed E-state index contributed by atoms with van der Waals surface area (Å²) >= 11 is 0. The predicted octanol–water partition coefficient (Wildman–Crippen LogP) is 2.96. The Kier molecular flexibility index (Phi) is 5.54. The van der Waals surface area contributed by atoms with Gasteiger partial charge in [-0.3, -0.25) is 14.4 Å². The Morgan fingerprint density at radius 2 is 1.97 bits per heavy atom. The van der Waals surface area contributed by atoms with Crippen LogP contribution in [-0.4, -0.2) is 51.8 Å². The van der Waals surface area contributed by atoms with Gasteiger partial charge >= 0.3 is 0 Å². The van der Waals surface area contributed by atoms with E-state index >= 15 is 0 Å². The van der Waals surface area contributed by atoms with E-state index in [1.807, 2.05) is 4.90 Å². The average Bonchev–Trinajstić information content (AvgIpc) is 2.66. The van der Waals surface area contributed by atoms with Crippen LogP contribution in [0.2, 0.25) is 0 Å². The van der Waals surface area contributed by atoms with E-state index in [1.165, 1.54) is 6.07 Å². The number of hydrogen-bond donors (Lipinski definition) is 1. The number of likely N-dealkylation sites (tertiary alicyclic amines) is 1. The molecule has 158 valence electrons. The standard InChI is InChI=1S/C23H33N3O3/c1-14(2)7-8-20-18-10-17(19-5-4-6-22(28)26(19)20)12-25(13-18)23(29)16-9-15(3)24-21(27)11-16/h9,11,14,17-20H,4-8,10,12-13H2,1-3H3,(H,24,27)/t17-,18+,19+,20+/m1/s1. The van der Waals surface area contributed by atoms with E-state index in [0.29, 0.717) is 54.4 Å². The van der Waals surface area contributed by atoms with E-state index in [-0.39, 0.29) is 23.6 Å². The third-order valence-electron chi connectivity index (χ3n) is 7.05. The fourth-order valence-corrected chi connectivity index (χ4v) is 5.81. The van der Waals surface area contributed by atoms with Gasteiger partial charge in [0.2, 0.25) is 11.5 Å². The summed E-state index contributed by atoms with van der Waals surface area (Å²) in [5.41, 5.74) is 0.947. The number of carbonyl (C=O) groups excluding carboxylic acids is 2. The maximum Gasteiger partial charge on any atom is 0.254 e. The van der Waals surface area contributed by atoms with Crippen LogP contribution in [0.1, 0.15) is 68.4 Å². The fourth-order valence-electron chi connectivity index (χ4n) is 5.81. The van der Waals surface area contributed by atoms with Crippen molar-refractivity contribution < 1.29 is 9.59 Å². The molecule has 1 N–H and O–H groups in total. The van der Waals surface area contributed by atoms with Gasteiger partial charge in [-0.25, -0.2) is 0 Å². The normalized spacial score (nSPS) is 29.2. The van der Waals surface area contributed by atoms with Gasteiger partial charge in [-0.15, -0.1) is 0 Å². The molecule has 1 aromatic heterocycles. The third kappa shape index (κ3) is 3.99. The molecule has 1 aromatic rings. The second-order valence-corrected chi connectivity index (χ2v) is 9.68. The molecule has 0 aromatic carbocycles. The van der Waals surface area contributed by atoms with Crippen molar-refractivity contribution in [1.82, 2.24) is 14.8 Å². The van der Waals surface area contributed by atoms with Crippen molar-refractivity contribution in [1.29, 1.82) is 0 Å². The lowest BCUT2D eigenvalue weighted by atomic mass is 9.70. The van der Waals surface area contributed by atoms with Crippen molar-refractivity contribution in [3.63, 3.8) is 0 Å². The highest BCUT2D eigenvalue weighted by atomic mass is 16.2. The first-order valence-electron chi connectivity index (χ1n) is 11.1. The fraction of sp³-hybridized carbons (Fsp3) is 0.696. The van der Waals surface area contributed by atoms with E-state index in [1.54, 1.807) is 13.0 Å². The van der Waals surface area contributed by atoms with Gasteiger partial charge in [-0.1, -0.05) is 13.8 Å². The smallest absolute Gasteiger partial charge is 0.254 e. The lowest BCUT2D eigenvalue weighted by Crippen LogP contribution is -2.65. The van der Waals surface area contributed by atoms with Crippen LogP contribution < -0.4 is 5.56 Å². The van der Waals surface area contributed by atoms with Crippen molar-refractivity contribution in [3.05, 3.63) is 33.7 Å². The number of rotatable bonds is 4. The number of H-pyrrole nitrogens is 1. The van der Waals surface area contributed by atoms with Crippen LogP contribution in [0.5, 0.6) is 0 Å². The van der Waals surface area contributed by atoms with Crippen LogP contribution >= 0.6 is 0 Å². The van der Waals surface area contributed by atoms with E-state index in [4.69, 9.17) is 0 Å². The Hall–Kier alpha value is -2.11. The summed E-state index contributed by atoms with van der Waals surface area (Å²) in [6.07, 6.45) is 5.90. The highest BCUT2D eigenvalue weighted by Gasteiger charge is 2.49. The Morgan fingerprint density at radius 3 is 2.69 bits per heavy atom. The van der Waals surface area contributed by atoms with Crippen molar-refractivity contribution in [2.75, 3.05) is 13.1 Å². The molecule has 0 unspecified atom stereocenters. The van der Waals surface area contributed by atoms with Crippen LogP contribution in [-0.2, 0) is 4.79 Å². The van der Waals surface area contributed by atoms with Crippen molar-refractivity contribution in [2.24, 2.45) is 17.8 Å². The van der Waals surface area contributed by atoms with Crippen molar-refractivity contribution in [3.8, 4) is 0 Å². The quantitative estimate of drug-likeness (QED) is 0.846. The second-order valence-electron chi connectivity index (χ2n) is 9.68. The van der Waals surface area contributed by atoms with Gasteiger partial charge in [-0.2, -0.15) is 0 Å². The number of piperidine rings is 3. The molecule has 0 spiro atoms. The number of fused-ring (bicyclic) bond motifs is 4. The Morgan fingerprint density at radius 1 is 1.21 bits per heavy atom. The summed E-state index contributed by atoms with van der Waals surface area (Å²) in [7, 11) is 0. The number of pyridine rings is 1. The van der Waals surface area contributed by atoms with Crippen LogP contribution in [0.25, 0.3) is 0 Å². The van der Waals surface area contributed by atoms with Crippen LogP contribution in [0.4, 0.5) is 0 Å². The first-order chi connectivity index (χ1) is 13.8. The summed E-state index contributed by atoms with van der Waals surface area (Å²) in [4.78, 5) is 44.8. The first-order valence-corrected chi connectivity index (χ1v) is 11.1. The van der Waals surface area contributed by atoms with Gasteiger partial charge in [0, 0.05) is 48.9 Å². The monoisotopic (exact) mass is 399 g/mol. The molecule has 0 saturated carbocycles. The largest absolute Gasteiger partial charge is 0.338 e. The lowest BCUT2D eigenvalue weighted by molar-refractivity contribution is -0.152. The predicted molar refractivity (Wildman–Crippen MR) is 112 cm³/mol. The zero-order chi connectivity index (χ0) is 20.7. The average molecular weight is 400 g/mol. The number of carbonyl (C=O) groups is 2. The number of amides is 2. The highest BCUT2D eigenvalue weighted by Crippen LogP contribution is 2.43. The minimum Gasteiger partial charge on any atom is -0.338 e. The van der Waals surface area contributed by atoms with E-state index in [0.717, 1.165) is 32.1 Å². The molecule has 6 heteroatoms. The van der Waals surface area contributed by atoms with E-state index in [2.05, 4.69) is 23.7 Å². The molecule has 4 rings (SSSR count). The van der Waals surface area contributed by atoms with Crippen LogP contribution in [0.15, 0.2) is 16.9 Å². The lowest BCUT2D eigenvalue weighted by Gasteiger charge is -2.56. The third-order valence-corrected chi connectivity index (χ3v) is 7.05. The summed E-state index contributed by atoms with van der Waals surface area (Å²) in [6.45, 7) is 7.63. The SMILES string of the molecule is Cc1cc(C(=O)N2C[C@H]3C[C@@H](C2)[C@H](CCC(C)C)N2C(=O)CCC[C@@H]32)cc(=O)[nH]1. The molecule has 3 saturated heterocycles. The molecule has 4 atom stereocenters. The van der Waals surface area contributed by atoms with Gasteiger partial charge in [0.25, 0.3) is 5.91 Å². The van der Waals surface area contributed by atoms with E-state index in [9.17, 15) is 14.4 Å². The zero-order valence-electron chi connectivity index (χ0n) is 17.8. The molecule has 0 aliphatic carbocycles. The molecule has 29 heavy (non-hydrogen) atoms. The molecule has 2 amide bonds. The van der Waals surface area contributed by atoms with Gasteiger partial charge < -0.3 is 14.8 Å². The number of nitrogens with zero attached hydrogens (tertiary/aromatic N) is 2. The number of nitrogens with one attached hydrogen (secondary N) is 1.